The van der Waals surface area contributed by atoms with Crippen molar-refractivity contribution in [1.29, 1.82) is 0 Å². The van der Waals surface area contributed by atoms with Gasteiger partial charge in [0.05, 0.1) is 0 Å². The number of aliphatic hydroxyl groups is 2. The molecule has 0 bridgehead atoms. The first-order valence-electron chi connectivity index (χ1n) is 12.6. The van der Waals surface area contributed by atoms with Crippen LogP contribution in [0.15, 0.2) is 35.5 Å². The molecule has 0 aromatic rings. The van der Waals surface area contributed by atoms with Crippen molar-refractivity contribution in [3.8, 4) is 0 Å². The second-order valence-electron chi connectivity index (χ2n) is 10.9. The van der Waals surface area contributed by atoms with Gasteiger partial charge in [-0.25, -0.2) is 0 Å². The summed E-state index contributed by atoms with van der Waals surface area (Å²) in [7, 11) is 0. The summed E-state index contributed by atoms with van der Waals surface area (Å²) in [6.07, 6.45) is 14.0. The quantitative estimate of drug-likeness (QED) is 0.473. The number of hydrogen-bond donors (Lipinski definition) is 2. The summed E-state index contributed by atoms with van der Waals surface area (Å²) < 4.78 is 8.94. The molecule has 5 atom stereocenters. The van der Waals surface area contributed by atoms with E-state index in [4.69, 9.17) is 1.37 Å². The Labute approximate surface area is 180 Å². The molecular formula is C27H44O2. The lowest BCUT2D eigenvalue weighted by Crippen LogP contribution is -2.36. The van der Waals surface area contributed by atoms with Gasteiger partial charge in [0.25, 0.3) is 0 Å². The SMILES string of the molecule is [2H]C1C[C@H]2/C(=C/C=C3/CC(O)(O)CCC3=C)CCC[C@]2(C)[C@H]1[C@H](C)CCCC(C)C. The standard InChI is InChI=1S/C27H44O2/c1-19(2)8-6-9-21(4)24-13-14-25-22(10-7-16-26(24,25)5)11-12-23-18-27(28,29)17-15-20(23)3/h11-12,19,21,24-25,28-29H,3,6-10,13-18H2,1-2,4-5H3/b22-11+,23-12-/t21-,24-,25+,26-/m1/s1/i13D/t13?,21-,24-,25+,26-. The van der Waals surface area contributed by atoms with E-state index in [2.05, 4.69) is 46.4 Å². The van der Waals surface area contributed by atoms with Gasteiger partial charge in [-0.05, 0) is 73.2 Å². The van der Waals surface area contributed by atoms with Crippen molar-refractivity contribution in [2.24, 2.45) is 29.1 Å². The molecule has 0 saturated heterocycles. The summed E-state index contributed by atoms with van der Waals surface area (Å²) in [6, 6.07) is 0. The Balaban J connectivity index is 1.77. The zero-order valence-electron chi connectivity index (χ0n) is 20.2. The molecule has 3 saturated carbocycles. The first kappa shape index (κ1) is 21.4. The van der Waals surface area contributed by atoms with Gasteiger partial charge in [0.2, 0.25) is 0 Å². The monoisotopic (exact) mass is 401 g/mol. The van der Waals surface area contributed by atoms with E-state index < -0.39 is 5.79 Å². The third-order valence-electron chi connectivity index (χ3n) is 8.12. The van der Waals surface area contributed by atoms with E-state index in [0.29, 0.717) is 30.6 Å². The summed E-state index contributed by atoms with van der Waals surface area (Å²) in [4.78, 5) is 0. The van der Waals surface area contributed by atoms with Crippen LogP contribution in [0.1, 0.15) is 99.7 Å². The normalized spacial score (nSPS) is 39.1. The molecule has 0 radical (unpaired) electrons. The van der Waals surface area contributed by atoms with Crippen LogP contribution in [0, 0.1) is 29.1 Å². The van der Waals surface area contributed by atoms with Crippen molar-refractivity contribution >= 4 is 0 Å². The summed E-state index contributed by atoms with van der Waals surface area (Å²) in [6.45, 7) is 13.6. The van der Waals surface area contributed by atoms with Gasteiger partial charge in [0, 0.05) is 14.2 Å². The first-order valence-corrected chi connectivity index (χ1v) is 12.0. The van der Waals surface area contributed by atoms with E-state index >= 15 is 0 Å². The van der Waals surface area contributed by atoms with Crippen LogP contribution in [0.4, 0.5) is 0 Å². The molecule has 3 aliphatic carbocycles. The molecule has 0 heterocycles. The minimum Gasteiger partial charge on any atom is -0.365 e. The Kier molecular flexibility index (Phi) is 6.71. The minimum atomic E-state index is -1.59. The smallest absolute Gasteiger partial charge is 0.166 e. The first-order chi connectivity index (χ1) is 14.0. The zero-order valence-corrected chi connectivity index (χ0v) is 19.2. The van der Waals surface area contributed by atoms with Crippen LogP contribution < -0.4 is 0 Å². The van der Waals surface area contributed by atoms with Crippen molar-refractivity contribution in [2.75, 3.05) is 0 Å². The molecule has 2 heteroatoms. The Hall–Kier alpha value is -0.860. The lowest BCUT2D eigenvalue weighted by Gasteiger charge is -2.44. The van der Waals surface area contributed by atoms with Crippen LogP contribution in [0.25, 0.3) is 0 Å². The van der Waals surface area contributed by atoms with Crippen molar-refractivity contribution in [2.45, 2.75) is 104 Å². The molecule has 2 nitrogen and oxygen atoms in total. The van der Waals surface area contributed by atoms with E-state index in [9.17, 15) is 10.2 Å². The fraction of sp³-hybridized carbons (Fsp3) is 0.778. The highest BCUT2D eigenvalue weighted by molar-refractivity contribution is 5.36. The number of hydrogen-bond acceptors (Lipinski definition) is 2. The average Bonchev–Trinajstić information content (AvgIpc) is 2.92. The largest absolute Gasteiger partial charge is 0.365 e. The number of rotatable bonds is 6. The van der Waals surface area contributed by atoms with E-state index in [1.807, 2.05) is 0 Å². The Morgan fingerprint density at radius 3 is 2.66 bits per heavy atom. The predicted molar refractivity (Wildman–Crippen MR) is 122 cm³/mol. The molecule has 0 spiro atoms. The van der Waals surface area contributed by atoms with Crippen molar-refractivity contribution in [3.63, 3.8) is 0 Å². The Bertz CT molecular complexity index is 689. The average molecular weight is 402 g/mol. The van der Waals surface area contributed by atoms with Crippen LogP contribution in [-0.4, -0.2) is 16.0 Å². The molecule has 0 aromatic carbocycles. The fourth-order valence-corrected chi connectivity index (χ4v) is 6.34. The topological polar surface area (TPSA) is 40.5 Å². The highest BCUT2D eigenvalue weighted by Gasteiger charge is 2.50. The number of allylic oxidation sites excluding steroid dienone is 4. The fourth-order valence-electron chi connectivity index (χ4n) is 6.34. The molecule has 1 unspecified atom stereocenters. The second kappa shape index (κ2) is 9.10. The molecule has 164 valence electrons. The third kappa shape index (κ3) is 5.25. The van der Waals surface area contributed by atoms with E-state index in [1.165, 1.54) is 37.7 Å². The molecule has 0 aromatic heterocycles. The third-order valence-corrected chi connectivity index (χ3v) is 8.12. The van der Waals surface area contributed by atoms with Crippen LogP contribution in [0.2, 0.25) is 0 Å². The van der Waals surface area contributed by atoms with Gasteiger partial charge < -0.3 is 10.2 Å². The van der Waals surface area contributed by atoms with Gasteiger partial charge in [0.15, 0.2) is 5.79 Å². The van der Waals surface area contributed by atoms with Crippen LogP contribution in [-0.2, 0) is 0 Å². The van der Waals surface area contributed by atoms with Crippen molar-refractivity contribution in [3.05, 3.63) is 35.5 Å². The number of fused-ring (bicyclic) bond motifs is 1. The zero-order chi connectivity index (χ0) is 22.1. The summed E-state index contributed by atoms with van der Waals surface area (Å²) >= 11 is 0. The van der Waals surface area contributed by atoms with Crippen LogP contribution in [0.5, 0.6) is 0 Å². The minimum absolute atomic E-state index is 0.0374. The van der Waals surface area contributed by atoms with Crippen molar-refractivity contribution < 1.29 is 11.6 Å². The lowest BCUT2D eigenvalue weighted by atomic mass is 9.60. The van der Waals surface area contributed by atoms with Gasteiger partial charge in [-0.15, -0.1) is 0 Å². The maximum atomic E-state index is 10.1. The Morgan fingerprint density at radius 2 is 1.93 bits per heavy atom. The maximum Gasteiger partial charge on any atom is 0.166 e. The van der Waals surface area contributed by atoms with Gasteiger partial charge >= 0.3 is 0 Å². The molecule has 3 rings (SSSR count). The lowest BCUT2D eigenvalue weighted by molar-refractivity contribution is -0.166. The molecule has 3 fully saturated rings. The van der Waals surface area contributed by atoms with Gasteiger partial charge in [-0.3, -0.25) is 0 Å². The molecule has 0 aliphatic heterocycles. The molecule has 29 heavy (non-hydrogen) atoms. The van der Waals surface area contributed by atoms with Gasteiger partial charge in [-0.1, -0.05) is 76.8 Å². The van der Waals surface area contributed by atoms with E-state index in [1.54, 1.807) is 0 Å². The molecule has 0 amide bonds. The van der Waals surface area contributed by atoms with E-state index in [0.717, 1.165) is 29.9 Å². The highest BCUT2D eigenvalue weighted by atomic mass is 16.5. The van der Waals surface area contributed by atoms with Crippen LogP contribution in [0.3, 0.4) is 0 Å². The Morgan fingerprint density at radius 1 is 1.17 bits per heavy atom. The second-order valence-corrected chi connectivity index (χ2v) is 10.9. The summed E-state index contributed by atoms with van der Waals surface area (Å²) in [5.41, 5.74) is 3.72. The summed E-state index contributed by atoms with van der Waals surface area (Å²) in [5.74, 6) is 0.759. The van der Waals surface area contributed by atoms with Gasteiger partial charge in [-0.2, -0.15) is 0 Å². The molecule has 3 aliphatic rings. The molecule has 2 N–H and O–H groups in total. The van der Waals surface area contributed by atoms with Gasteiger partial charge in [0.1, 0.15) is 0 Å². The highest BCUT2D eigenvalue weighted by Crippen LogP contribution is 2.60. The van der Waals surface area contributed by atoms with E-state index in [-0.39, 0.29) is 18.2 Å². The molecular weight excluding hydrogens is 356 g/mol. The van der Waals surface area contributed by atoms with Crippen molar-refractivity contribution in [1.82, 2.24) is 0 Å². The maximum absolute atomic E-state index is 10.1. The predicted octanol–water partition coefficient (Wildman–Crippen LogP) is 6.94. The van der Waals surface area contributed by atoms with Crippen LogP contribution >= 0.6 is 0 Å². The summed E-state index contributed by atoms with van der Waals surface area (Å²) in [5, 5.41) is 20.1.